The van der Waals surface area contributed by atoms with Crippen LogP contribution in [0.1, 0.15) is 66.7 Å². The van der Waals surface area contributed by atoms with E-state index in [1.165, 1.54) is 5.57 Å². The Morgan fingerprint density at radius 2 is 2.06 bits per heavy atom. The van der Waals surface area contributed by atoms with Crippen molar-refractivity contribution in [2.24, 2.45) is 10.9 Å². The van der Waals surface area contributed by atoms with E-state index in [2.05, 4.69) is 48.8 Å². The first-order valence-corrected chi connectivity index (χ1v) is 12.3. The number of aliphatic imine (C=N–C) groups is 1. The van der Waals surface area contributed by atoms with Gasteiger partial charge < -0.3 is 20.1 Å². The Morgan fingerprint density at radius 1 is 1.26 bits per heavy atom. The predicted molar refractivity (Wildman–Crippen MR) is 135 cm³/mol. The van der Waals surface area contributed by atoms with Crippen molar-refractivity contribution in [2.45, 2.75) is 90.4 Å². The Morgan fingerprint density at radius 3 is 2.74 bits per heavy atom. The fourth-order valence-electron chi connectivity index (χ4n) is 4.29. The van der Waals surface area contributed by atoms with Crippen LogP contribution in [0.4, 0.5) is 4.79 Å². The quantitative estimate of drug-likeness (QED) is 0.500. The third kappa shape index (κ3) is 7.89. The van der Waals surface area contributed by atoms with Gasteiger partial charge in [-0.1, -0.05) is 43.4 Å². The van der Waals surface area contributed by atoms with Gasteiger partial charge in [0.1, 0.15) is 18.2 Å². The molecule has 2 aliphatic carbocycles. The maximum absolute atomic E-state index is 12.9. The molecule has 0 aromatic carbocycles. The number of carbonyl (C=O) groups excluding carboxylic acids is 2. The number of alkyl carbamates (subject to hydrolysis) is 1. The molecule has 1 aliphatic heterocycles. The monoisotopic (exact) mass is 469 g/mol. The molecule has 186 valence electrons. The van der Waals surface area contributed by atoms with E-state index in [1.54, 1.807) is 20.8 Å². The summed E-state index contributed by atoms with van der Waals surface area (Å²) >= 11 is 0. The molecular weight excluding hydrogens is 430 g/mol. The summed E-state index contributed by atoms with van der Waals surface area (Å²) < 4.78 is 11.0. The molecule has 0 saturated heterocycles. The zero-order valence-electron chi connectivity index (χ0n) is 21.1. The first-order chi connectivity index (χ1) is 16.1. The van der Waals surface area contributed by atoms with Gasteiger partial charge in [0.25, 0.3) is 0 Å². The molecule has 2 N–H and O–H groups in total. The second-order valence-corrected chi connectivity index (χ2v) is 10.4. The van der Waals surface area contributed by atoms with Crippen LogP contribution < -0.4 is 10.6 Å². The lowest BCUT2D eigenvalue weighted by Gasteiger charge is -2.23. The molecule has 0 saturated carbocycles. The summed E-state index contributed by atoms with van der Waals surface area (Å²) in [6.45, 7) is 9.83. The number of ether oxygens (including phenoxy) is 2. The van der Waals surface area contributed by atoms with E-state index in [0.29, 0.717) is 18.8 Å². The average molecular weight is 470 g/mol. The van der Waals surface area contributed by atoms with Gasteiger partial charge in [-0.25, -0.2) is 9.59 Å². The van der Waals surface area contributed by atoms with E-state index >= 15 is 0 Å². The van der Waals surface area contributed by atoms with E-state index in [1.807, 2.05) is 12.2 Å². The number of esters is 1. The number of allylic oxidation sites excluding steroid dienone is 5. The maximum atomic E-state index is 12.9. The fraction of sp³-hybridized carbons (Fsp3) is 0.593. The number of amides is 1. The lowest BCUT2D eigenvalue weighted by molar-refractivity contribution is -0.145. The Kier molecular flexibility index (Phi) is 8.75. The molecule has 0 bridgehead atoms. The van der Waals surface area contributed by atoms with E-state index in [4.69, 9.17) is 14.5 Å². The minimum atomic E-state index is -0.820. The third-order valence-electron chi connectivity index (χ3n) is 5.93. The van der Waals surface area contributed by atoms with Crippen LogP contribution in [0.2, 0.25) is 0 Å². The van der Waals surface area contributed by atoms with Crippen LogP contribution in [0.15, 0.2) is 52.6 Å². The standard InChI is InChI=1S/C27H39N3O4/c1-18-10-9-11-20(16-18)17-33-25(31)22(29-26(32)34-27(3,4)5)14-15-23-28-19(2)24(30-23)21-12-7-6-8-13-21/h7,9-13,18-19,22,24H,6,8,14-17H2,1-5H3,(H,28,30)(H,29,32)/t18?,19?,22-,24?/m1/s1. The predicted octanol–water partition coefficient (Wildman–Crippen LogP) is 4.76. The minimum Gasteiger partial charge on any atom is -0.460 e. The summed E-state index contributed by atoms with van der Waals surface area (Å²) in [5.74, 6) is 0.801. The number of hydrogen-bond acceptors (Lipinski definition) is 6. The molecule has 0 spiro atoms. The Labute approximate surface area is 203 Å². The van der Waals surface area contributed by atoms with Crippen LogP contribution in [0.25, 0.3) is 0 Å². The summed E-state index contributed by atoms with van der Waals surface area (Å²) in [6, 6.07) is -0.565. The lowest BCUT2D eigenvalue weighted by atomic mass is 9.96. The van der Waals surface area contributed by atoms with Crippen molar-refractivity contribution in [1.29, 1.82) is 0 Å². The highest BCUT2D eigenvalue weighted by Crippen LogP contribution is 2.23. The van der Waals surface area contributed by atoms with E-state index in [9.17, 15) is 9.59 Å². The van der Waals surface area contributed by atoms with Crippen LogP contribution in [-0.2, 0) is 14.3 Å². The molecule has 0 radical (unpaired) electrons. The maximum Gasteiger partial charge on any atom is 0.408 e. The molecule has 3 aliphatic rings. The molecule has 34 heavy (non-hydrogen) atoms. The highest BCUT2D eigenvalue weighted by molar-refractivity contribution is 5.87. The SMILES string of the molecule is CC1C=CC=C(COC(=O)[C@@H](CCC2=NC(C3=CCCC=C3)C(C)N2)NC(=O)OC(C)(C)C)C1. The van der Waals surface area contributed by atoms with Crippen molar-refractivity contribution >= 4 is 17.9 Å². The topological polar surface area (TPSA) is 89.0 Å². The number of amidine groups is 1. The highest BCUT2D eigenvalue weighted by Gasteiger charge is 2.30. The van der Waals surface area contributed by atoms with Crippen LogP contribution in [0.3, 0.4) is 0 Å². The van der Waals surface area contributed by atoms with Gasteiger partial charge in [-0.15, -0.1) is 0 Å². The summed E-state index contributed by atoms with van der Waals surface area (Å²) in [6.07, 6.45) is 15.9. The molecule has 7 nitrogen and oxygen atoms in total. The van der Waals surface area contributed by atoms with Crippen molar-refractivity contribution in [2.75, 3.05) is 6.61 Å². The number of nitrogens with zero attached hydrogens (tertiary/aromatic N) is 1. The summed E-state index contributed by atoms with van der Waals surface area (Å²) in [4.78, 5) is 30.2. The van der Waals surface area contributed by atoms with Crippen LogP contribution in [0, 0.1) is 5.92 Å². The molecule has 7 heteroatoms. The van der Waals surface area contributed by atoms with Crippen molar-refractivity contribution < 1.29 is 19.1 Å². The van der Waals surface area contributed by atoms with Gasteiger partial charge in [0.2, 0.25) is 0 Å². The molecule has 0 aromatic heterocycles. The summed E-state index contributed by atoms with van der Waals surface area (Å²) in [5, 5.41) is 6.14. The summed E-state index contributed by atoms with van der Waals surface area (Å²) in [7, 11) is 0. The van der Waals surface area contributed by atoms with E-state index in [0.717, 1.165) is 30.7 Å². The number of rotatable bonds is 8. The van der Waals surface area contributed by atoms with Gasteiger partial charge in [-0.05, 0) is 70.4 Å². The number of nitrogens with one attached hydrogen (secondary N) is 2. The van der Waals surface area contributed by atoms with Gasteiger partial charge in [-0.3, -0.25) is 4.99 Å². The highest BCUT2D eigenvalue weighted by atomic mass is 16.6. The second-order valence-electron chi connectivity index (χ2n) is 10.4. The Hall–Kier alpha value is -2.83. The molecule has 1 amide bonds. The van der Waals surface area contributed by atoms with E-state index in [-0.39, 0.29) is 18.7 Å². The van der Waals surface area contributed by atoms with Gasteiger partial charge >= 0.3 is 12.1 Å². The molecule has 0 aromatic rings. The minimum absolute atomic E-state index is 0.0732. The first-order valence-electron chi connectivity index (χ1n) is 12.3. The van der Waals surface area contributed by atoms with Gasteiger partial charge in [0, 0.05) is 6.42 Å². The molecule has 4 atom stereocenters. The largest absolute Gasteiger partial charge is 0.460 e. The Bertz CT molecular complexity index is 907. The smallest absolute Gasteiger partial charge is 0.408 e. The van der Waals surface area contributed by atoms with Crippen LogP contribution >= 0.6 is 0 Å². The van der Waals surface area contributed by atoms with Crippen molar-refractivity contribution in [1.82, 2.24) is 10.6 Å². The second kappa shape index (κ2) is 11.5. The first kappa shape index (κ1) is 25.8. The molecule has 0 fully saturated rings. The zero-order chi connectivity index (χ0) is 24.7. The van der Waals surface area contributed by atoms with Gasteiger partial charge in [0.05, 0.1) is 17.9 Å². The average Bonchev–Trinajstić information content (AvgIpc) is 3.15. The van der Waals surface area contributed by atoms with Gasteiger partial charge in [-0.2, -0.15) is 0 Å². The normalized spacial score (nSPS) is 25.0. The van der Waals surface area contributed by atoms with E-state index < -0.39 is 23.7 Å². The third-order valence-corrected chi connectivity index (χ3v) is 5.93. The summed E-state index contributed by atoms with van der Waals surface area (Å²) in [5.41, 5.74) is 1.63. The Balaban J connectivity index is 1.62. The van der Waals surface area contributed by atoms with Crippen molar-refractivity contribution in [3.8, 4) is 0 Å². The van der Waals surface area contributed by atoms with Crippen LogP contribution in [-0.4, -0.2) is 48.2 Å². The lowest BCUT2D eigenvalue weighted by Crippen LogP contribution is -2.45. The van der Waals surface area contributed by atoms with Crippen LogP contribution in [0.5, 0.6) is 0 Å². The molecular formula is C27H39N3O4. The molecule has 1 heterocycles. The molecule has 3 rings (SSSR count). The number of hydrogen-bond donors (Lipinski definition) is 2. The number of carbonyl (C=O) groups is 2. The van der Waals surface area contributed by atoms with Crippen molar-refractivity contribution in [3.05, 3.63) is 47.6 Å². The zero-order valence-corrected chi connectivity index (χ0v) is 21.1. The van der Waals surface area contributed by atoms with Crippen molar-refractivity contribution in [3.63, 3.8) is 0 Å². The van der Waals surface area contributed by atoms with Gasteiger partial charge in [0.15, 0.2) is 0 Å². The molecule has 3 unspecified atom stereocenters. The fourth-order valence-corrected chi connectivity index (χ4v) is 4.29.